The monoisotopic (exact) mass is 349 g/mol. The van der Waals surface area contributed by atoms with Gasteiger partial charge in [0.15, 0.2) is 0 Å². The molecule has 0 saturated carbocycles. The van der Waals surface area contributed by atoms with Crippen LogP contribution in [0, 0.1) is 19.8 Å². The van der Waals surface area contributed by atoms with Crippen LogP contribution in [0.15, 0.2) is 0 Å². The predicted molar refractivity (Wildman–Crippen MR) is 93.5 cm³/mol. The molecule has 1 aliphatic rings. The molecule has 7 heteroatoms. The molecule has 138 valence electrons. The molecule has 0 unspecified atom stereocenters. The van der Waals surface area contributed by atoms with Gasteiger partial charge in [0.05, 0.1) is 12.2 Å². The first-order valence-corrected chi connectivity index (χ1v) is 8.72. The second kappa shape index (κ2) is 7.72. The van der Waals surface area contributed by atoms with Crippen LogP contribution in [0.1, 0.15) is 52.9 Å². The summed E-state index contributed by atoms with van der Waals surface area (Å²) >= 11 is 0. The van der Waals surface area contributed by atoms with Crippen LogP contribution in [0.5, 0.6) is 0 Å². The number of hydrogen-bond donors (Lipinski definition) is 1. The summed E-state index contributed by atoms with van der Waals surface area (Å²) in [4.78, 5) is 43.5. The highest BCUT2D eigenvalue weighted by Crippen LogP contribution is 2.21. The lowest BCUT2D eigenvalue weighted by Crippen LogP contribution is -2.51. The standard InChI is InChI=1S/C18H27N3O4/c1-6-25-18(24)14-12(4)15(19-13(14)5)17(23)21-9-7-20(8-10-21)16(22)11(2)3/h11,19H,6-10H2,1-5H3. The molecule has 25 heavy (non-hydrogen) atoms. The van der Waals surface area contributed by atoms with Gasteiger partial charge in [0.25, 0.3) is 5.91 Å². The third-order valence-electron chi connectivity index (χ3n) is 4.50. The lowest BCUT2D eigenvalue weighted by atomic mass is 10.1. The quantitative estimate of drug-likeness (QED) is 0.840. The molecule has 2 amide bonds. The molecule has 1 N–H and O–H groups in total. The van der Waals surface area contributed by atoms with Gasteiger partial charge in [-0.15, -0.1) is 0 Å². The van der Waals surface area contributed by atoms with E-state index in [0.717, 1.165) is 0 Å². The third kappa shape index (κ3) is 3.86. The zero-order valence-corrected chi connectivity index (χ0v) is 15.6. The molecule has 7 nitrogen and oxygen atoms in total. The van der Waals surface area contributed by atoms with Crippen LogP contribution in [0.4, 0.5) is 0 Å². The van der Waals surface area contributed by atoms with Gasteiger partial charge in [0.2, 0.25) is 5.91 Å². The molecule has 1 fully saturated rings. The number of nitrogens with zero attached hydrogens (tertiary/aromatic N) is 2. The highest BCUT2D eigenvalue weighted by Gasteiger charge is 2.29. The first-order chi connectivity index (χ1) is 11.8. The van der Waals surface area contributed by atoms with Gasteiger partial charge in [0, 0.05) is 37.8 Å². The number of rotatable bonds is 4. The maximum Gasteiger partial charge on any atom is 0.340 e. The topological polar surface area (TPSA) is 82.7 Å². The van der Waals surface area contributed by atoms with E-state index in [2.05, 4.69) is 4.98 Å². The fraction of sp³-hybridized carbons (Fsp3) is 0.611. The summed E-state index contributed by atoms with van der Waals surface area (Å²) in [5.41, 5.74) is 2.09. The lowest BCUT2D eigenvalue weighted by molar-refractivity contribution is -0.135. The Bertz CT molecular complexity index is 670. The van der Waals surface area contributed by atoms with E-state index in [0.29, 0.717) is 48.7 Å². The molecule has 0 radical (unpaired) electrons. The zero-order valence-electron chi connectivity index (χ0n) is 15.6. The van der Waals surface area contributed by atoms with Crippen molar-refractivity contribution in [3.8, 4) is 0 Å². The Morgan fingerprint density at radius 2 is 1.64 bits per heavy atom. The Labute approximate surface area is 148 Å². The molecule has 0 bridgehead atoms. The van der Waals surface area contributed by atoms with E-state index in [1.807, 2.05) is 13.8 Å². The molecule has 2 heterocycles. The summed E-state index contributed by atoms with van der Waals surface area (Å²) in [5.74, 6) is -0.487. The molecule has 0 aliphatic carbocycles. The zero-order chi connectivity index (χ0) is 18.7. The molecule has 1 saturated heterocycles. The molecule has 0 atom stereocenters. The number of aryl methyl sites for hydroxylation is 1. The first kappa shape index (κ1) is 19.0. The van der Waals surface area contributed by atoms with E-state index in [1.165, 1.54) is 0 Å². The number of nitrogens with one attached hydrogen (secondary N) is 1. The highest BCUT2D eigenvalue weighted by atomic mass is 16.5. The van der Waals surface area contributed by atoms with E-state index >= 15 is 0 Å². The van der Waals surface area contributed by atoms with Crippen molar-refractivity contribution in [3.63, 3.8) is 0 Å². The van der Waals surface area contributed by atoms with Crippen LogP contribution in [0.25, 0.3) is 0 Å². The molecule has 2 rings (SSSR count). The fourth-order valence-electron chi connectivity index (χ4n) is 3.13. The molecule has 1 aromatic heterocycles. The van der Waals surface area contributed by atoms with Crippen molar-refractivity contribution >= 4 is 17.8 Å². The maximum atomic E-state index is 12.8. The normalized spacial score (nSPS) is 14.8. The average molecular weight is 349 g/mol. The highest BCUT2D eigenvalue weighted by molar-refractivity contribution is 6.00. The average Bonchev–Trinajstić information content (AvgIpc) is 2.88. The van der Waals surface area contributed by atoms with Gasteiger partial charge in [0.1, 0.15) is 5.69 Å². The Kier molecular flexibility index (Phi) is 5.87. The van der Waals surface area contributed by atoms with Gasteiger partial charge in [-0.25, -0.2) is 4.79 Å². The van der Waals surface area contributed by atoms with Crippen LogP contribution in [-0.4, -0.2) is 65.4 Å². The molecular weight excluding hydrogens is 322 g/mol. The van der Waals surface area contributed by atoms with E-state index < -0.39 is 5.97 Å². The van der Waals surface area contributed by atoms with Crippen molar-refractivity contribution in [2.45, 2.75) is 34.6 Å². The second-order valence-corrected chi connectivity index (χ2v) is 6.62. The summed E-state index contributed by atoms with van der Waals surface area (Å²) in [7, 11) is 0. The predicted octanol–water partition coefficient (Wildman–Crippen LogP) is 1.75. The summed E-state index contributed by atoms with van der Waals surface area (Å²) in [6, 6.07) is 0. The minimum Gasteiger partial charge on any atom is -0.462 e. The van der Waals surface area contributed by atoms with Gasteiger partial charge >= 0.3 is 5.97 Å². The Morgan fingerprint density at radius 1 is 1.08 bits per heavy atom. The maximum absolute atomic E-state index is 12.8. The number of ether oxygens (including phenoxy) is 1. The van der Waals surface area contributed by atoms with Gasteiger partial charge in [-0.1, -0.05) is 13.8 Å². The Hall–Kier alpha value is -2.31. The molecule has 1 aliphatic heterocycles. The summed E-state index contributed by atoms with van der Waals surface area (Å²) in [6.45, 7) is 11.4. The van der Waals surface area contributed by atoms with E-state index in [-0.39, 0.29) is 24.3 Å². The number of aromatic amines is 1. The van der Waals surface area contributed by atoms with Crippen molar-refractivity contribution < 1.29 is 19.1 Å². The minimum absolute atomic E-state index is 0.0392. The van der Waals surface area contributed by atoms with Crippen molar-refractivity contribution in [1.82, 2.24) is 14.8 Å². The van der Waals surface area contributed by atoms with Crippen LogP contribution < -0.4 is 0 Å². The number of hydrogen-bond acceptors (Lipinski definition) is 4. The number of H-pyrrole nitrogens is 1. The number of carbonyl (C=O) groups is 3. The van der Waals surface area contributed by atoms with Crippen molar-refractivity contribution in [1.29, 1.82) is 0 Å². The van der Waals surface area contributed by atoms with Crippen molar-refractivity contribution in [3.05, 3.63) is 22.5 Å². The number of aromatic nitrogens is 1. The van der Waals surface area contributed by atoms with Crippen molar-refractivity contribution in [2.24, 2.45) is 5.92 Å². The third-order valence-corrected chi connectivity index (χ3v) is 4.50. The van der Waals surface area contributed by atoms with Crippen LogP contribution in [0.2, 0.25) is 0 Å². The SMILES string of the molecule is CCOC(=O)c1c(C)[nH]c(C(=O)N2CCN(C(=O)C(C)C)CC2)c1C. The summed E-state index contributed by atoms with van der Waals surface area (Å²) in [6.07, 6.45) is 0. The van der Waals surface area contributed by atoms with Crippen LogP contribution in [-0.2, 0) is 9.53 Å². The van der Waals surface area contributed by atoms with E-state index in [4.69, 9.17) is 4.74 Å². The Morgan fingerprint density at radius 3 is 2.16 bits per heavy atom. The van der Waals surface area contributed by atoms with Crippen molar-refractivity contribution in [2.75, 3.05) is 32.8 Å². The van der Waals surface area contributed by atoms with Gasteiger partial charge < -0.3 is 19.5 Å². The molecule has 1 aromatic rings. The first-order valence-electron chi connectivity index (χ1n) is 8.72. The fourth-order valence-corrected chi connectivity index (χ4v) is 3.13. The number of esters is 1. The minimum atomic E-state index is -0.417. The molecule has 0 aromatic carbocycles. The number of piperazine rings is 1. The van der Waals surface area contributed by atoms with E-state index in [1.54, 1.807) is 30.6 Å². The largest absolute Gasteiger partial charge is 0.462 e. The van der Waals surface area contributed by atoms with E-state index in [9.17, 15) is 14.4 Å². The smallest absolute Gasteiger partial charge is 0.340 e. The molecular formula is C18H27N3O4. The Balaban J connectivity index is 2.11. The lowest BCUT2D eigenvalue weighted by Gasteiger charge is -2.35. The molecule has 0 spiro atoms. The van der Waals surface area contributed by atoms with Gasteiger partial charge in [-0.3, -0.25) is 9.59 Å². The number of carbonyl (C=O) groups excluding carboxylic acids is 3. The summed E-state index contributed by atoms with van der Waals surface area (Å²) in [5, 5.41) is 0. The van der Waals surface area contributed by atoms with Crippen LogP contribution in [0.3, 0.4) is 0 Å². The van der Waals surface area contributed by atoms with Crippen LogP contribution >= 0.6 is 0 Å². The van der Waals surface area contributed by atoms with Gasteiger partial charge in [-0.2, -0.15) is 0 Å². The second-order valence-electron chi connectivity index (χ2n) is 6.62. The van der Waals surface area contributed by atoms with Gasteiger partial charge in [-0.05, 0) is 26.3 Å². The summed E-state index contributed by atoms with van der Waals surface area (Å²) < 4.78 is 5.06. The number of amides is 2.